The molecule has 0 aliphatic heterocycles. The molecule has 7 atom stereocenters. The monoisotopic (exact) mass is 649 g/mol. The molecule has 1 aliphatic rings. The van der Waals surface area contributed by atoms with E-state index in [9.17, 15) is 86.3 Å². The summed E-state index contributed by atoms with van der Waals surface area (Å²) in [7, 11) is -39.7. The fourth-order valence-electron chi connectivity index (χ4n) is 2.63. The van der Waals surface area contributed by atoms with E-state index in [4.69, 9.17) is 0 Å². The number of aliphatic hydroxyl groups excluding tert-OH is 1. The van der Waals surface area contributed by atoms with E-state index in [1.54, 1.807) is 0 Å². The van der Waals surface area contributed by atoms with E-state index < -0.39 is 83.6 Å². The lowest BCUT2D eigenvalue weighted by Crippen LogP contribution is -2.67. The summed E-state index contributed by atoms with van der Waals surface area (Å²) in [6.07, 6.45) is -20.6. The first-order chi connectivity index (χ1) is 15.6. The van der Waals surface area contributed by atoms with Crippen molar-refractivity contribution >= 4 is 46.9 Å². The van der Waals surface area contributed by atoms with E-state index in [2.05, 4.69) is 26.9 Å². The predicted octanol–water partition coefficient (Wildman–Crippen LogP) is -10.1. The van der Waals surface area contributed by atoms with Crippen LogP contribution in [0.15, 0.2) is 0 Å². The summed E-state index contributed by atoms with van der Waals surface area (Å²) in [4.78, 5) is 121. The van der Waals surface area contributed by atoms with Crippen molar-refractivity contribution < 1.29 is 113 Å². The van der Waals surface area contributed by atoms with E-state index in [0.717, 1.165) is 0 Å². The molecule has 0 radical (unpaired) electrons. The van der Waals surface area contributed by atoms with Crippen LogP contribution in [0.4, 0.5) is 0 Å². The van der Waals surface area contributed by atoms with E-state index in [0.29, 0.717) is 0 Å². The van der Waals surface area contributed by atoms with E-state index in [1.807, 2.05) is 0 Å². The SMILES string of the molecule is O=P([O-])([O-])O[C@@H]1C(O)[C@H](OP(=O)([O-])[O-])[C@@H](OP(=O)([O-])[O-])C(OP(=O)([O-])OP(=O)([O-])[O-])[C@H]1OP(=O)([O-])[O-]. The van der Waals surface area contributed by atoms with Gasteiger partial charge >= 0.3 is 0 Å². The first-order valence-electron chi connectivity index (χ1n) is 7.82. The van der Waals surface area contributed by atoms with Crippen LogP contribution < -0.4 is 53.8 Å². The normalized spacial score (nSPS) is 30.7. The van der Waals surface area contributed by atoms with Crippen LogP contribution in [-0.2, 0) is 54.3 Å². The molecule has 0 heterocycles. The highest BCUT2D eigenvalue weighted by molar-refractivity contribution is 7.58. The molecule has 0 spiro atoms. The van der Waals surface area contributed by atoms with Crippen molar-refractivity contribution in [1.29, 1.82) is 0 Å². The quantitative estimate of drug-likeness (QED) is 0.192. The molecule has 1 fully saturated rings. The molecule has 3 unspecified atom stereocenters. The Kier molecular flexibility index (Phi) is 11.2. The summed E-state index contributed by atoms with van der Waals surface area (Å²) < 4.78 is 87.8. The summed E-state index contributed by atoms with van der Waals surface area (Å²) in [5.74, 6) is 0. The largest absolute Gasteiger partial charge is 0.790 e. The van der Waals surface area contributed by atoms with Gasteiger partial charge in [-0.15, -0.1) is 0 Å². The van der Waals surface area contributed by atoms with Gasteiger partial charge in [-0.1, -0.05) is 0 Å². The molecular weight excluding hydrogens is 642 g/mol. The van der Waals surface area contributed by atoms with Crippen LogP contribution in [0.1, 0.15) is 0 Å². The molecule has 0 bridgehead atoms. The Balaban J connectivity index is 3.87. The van der Waals surface area contributed by atoms with Gasteiger partial charge < -0.3 is 104 Å². The van der Waals surface area contributed by atoms with Gasteiger partial charge in [-0.2, -0.15) is 0 Å². The second-order valence-corrected chi connectivity index (χ2v) is 13.2. The van der Waals surface area contributed by atoms with Crippen LogP contribution in [0.5, 0.6) is 0 Å². The maximum atomic E-state index is 11.8. The zero-order valence-electron chi connectivity index (χ0n) is 16.0. The van der Waals surface area contributed by atoms with Crippen LogP contribution >= 0.6 is 46.9 Å². The lowest BCUT2D eigenvalue weighted by atomic mass is 9.85. The highest BCUT2D eigenvalue weighted by Gasteiger charge is 2.56. The second-order valence-electron chi connectivity index (χ2n) is 6.11. The van der Waals surface area contributed by atoms with Gasteiger partial charge in [0, 0.05) is 0 Å². The van der Waals surface area contributed by atoms with Gasteiger partial charge in [0.15, 0.2) is 0 Å². The minimum absolute atomic E-state index is 2.94. The number of hydrogen-bond donors (Lipinski definition) is 1. The minimum Gasteiger partial charge on any atom is -0.790 e. The average molecular weight is 649 g/mol. The Morgan fingerprint density at radius 3 is 0.917 bits per heavy atom. The fraction of sp³-hybridized carbons (Fsp3) is 1.00. The summed E-state index contributed by atoms with van der Waals surface area (Å²) in [5, 5.41) is 10.1. The van der Waals surface area contributed by atoms with Crippen LogP contribution in [0.3, 0.4) is 0 Å². The van der Waals surface area contributed by atoms with Crippen LogP contribution in [0.25, 0.3) is 0 Å². The highest BCUT2D eigenvalue weighted by atomic mass is 31.3. The van der Waals surface area contributed by atoms with Gasteiger partial charge in [0.2, 0.25) is 0 Å². The molecule has 0 aromatic carbocycles. The molecule has 0 aromatic heterocycles. The Morgan fingerprint density at radius 2 is 0.667 bits per heavy atom. The van der Waals surface area contributed by atoms with Crippen LogP contribution in [0.2, 0.25) is 0 Å². The van der Waals surface area contributed by atoms with Crippen LogP contribution in [0, 0.1) is 0 Å². The van der Waals surface area contributed by atoms with E-state index >= 15 is 0 Å². The number of phosphoric acid groups is 6. The van der Waals surface area contributed by atoms with Crippen molar-refractivity contribution in [2.75, 3.05) is 0 Å². The molecule has 216 valence electrons. The molecule has 1 N–H and O–H groups in total. The van der Waals surface area contributed by atoms with Crippen molar-refractivity contribution in [2.24, 2.45) is 0 Å². The minimum atomic E-state index is -6.79. The zero-order valence-corrected chi connectivity index (χ0v) is 21.4. The zero-order chi connectivity index (χ0) is 28.7. The van der Waals surface area contributed by atoms with E-state index in [1.165, 1.54) is 0 Å². The van der Waals surface area contributed by atoms with Crippen molar-refractivity contribution in [1.82, 2.24) is 0 Å². The van der Waals surface area contributed by atoms with Crippen molar-refractivity contribution in [3.63, 3.8) is 0 Å². The Hall–Kier alpha value is 0.660. The number of hydrogen-bond acceptors (Lipinski definition) is 24. The van der Waals surface area contributed by atoms with Gasteiger partial charge in [-0.25, -0.2) is 0 Å². The van der Waals surface area contributed by atoms with Gasteiger partial charge in [-0.3, -0.25) is 8.88 Å². The molecule has 0 saturated heterocycles. The molecule has 36 heavy (non-hydrogen) atoms. The molecule has 0 aromatic rings. The summed E-state index contributed by atoms with van der Waals surface area (Å²) in [6, 6.07) is 0. The third-order valence-corrected chi connectivity index (χ3v) is 7.53. The molecule has 0 amide bonds. The summed E-state index contributed by atoms with van der Waals surface area (Å²) in [6.45, 7) is 0. The third kappa shape index (κ3) is 12.7. The van der Waals surface area contributed by atoms with Crippen molar-refractivity contribution in [3.05, 3.63) is 0 Å². The summed E-state index contributed by atoms with van der Waals surface area (Å²) in [5.41, 5.74) is 0. The first-order valence-corrected chi connectivity index (χ1v) is 16.6. The lowest BCUT2D eigenvalue weighted by molar-refractivity contribution is -0.379. The van der Waals surface area contributed by atoms with Gasteiger partial charge in [0.1, 0.15) is 36.6 Å². The number of rotatable bonds is 12. The van der Waals surface area contributed by atoms with E-state index in [-0.39, 0.29) is 0 Å². The Labute approximate surface area is 197 Å². The predicted molar refractivity (Wildman–Crippen MR) is 77.1 cm³/mol. The fourth-order valence-corrected chi connectivity index (χ4v) is 6.46. The lowest BCUT2D eigenvalue weighted by Gasteiger charge is -2.55. The maximum absolute atomic E-state index is 11.8. The maximum Gasteiger partial charge on any atom is 0.272 e. The molecule has 1 aliphatic carbocycles. The van der Waals surface area contributed by atoms with Crippen LogP contribution in [-0.4, -0.2) is 41.7 Å². The standard InChI is InChI=1S/C6H18O24P6/c7-1-2(25-31(8,9)10)4(27-33(14,15)16)6(29-36(23,24)30-35(20,21)22)5(28-34(17,18)19)3(1)26-32(11,12)13/h1-7H,(H,23,24)(H2,8,9,10)(H2,11,12,13)(H2,14,15,16)(H2,17,18,19)(H2,20,21,22)/p-11/t1?,2-,3+,4+,5-,6?. The highest BCUT2D eigenvalue weighted by Crippen LogP contribution is 2.55. The second kappa shape index (κ2) is 11.6. The molecule has 1 rings (SSSR count). The average Bonchev–Trinajstić information content (AvgIpc) is 2.51. The number of phosphoric ester groups is 5. The first kappa shape index (κ1) is 34.7. The van der Waals surface area contributed by atoms with Crippen molar-refractivity contribution in [3.8, 4) is 0 Å². The molecular formula is C6H7O24P6-11. The topological polar surface area (TPSA) is 432 Å². The smallest absolute Gasteiger partial charge is 0.272 e. The third-order valence-electron chi connectivity index (χ3n) is 3.42. The van der Waals surface area contributed by atoms with Crippen molar-refractivity contribution in [2.45, 2.75) is 36.6 Å². The van der Waals surface area contributed by atoms with Gasteiger partial charge in [0.05, 0.1) is 39.1 Å². The van der Waals surface area contributed by atoms with Gasteiger partial charge in [-0.05, 0) is 0 Å². The number of aliphatic hydroxyl groups is 1. The summed E-state index contributed by atoms with van der Waals surface area (Å²) >= 11 is 0. The Morgan fingerprint density at radius 1 is 0.417 bits per heavy atom. The molecule has 1 saturated carbocycles. The van der Waals surface area contributed by atoms with Gasteiger partial charge in [0.25, 0.3) is 7.82 Å². The molecule has 24 nitrogen and oxygen atoms in total. The molecule has 30 heteroatoms. The Bertz CT molecular complexity index is 993.